The smallest absolute Gasteiger partial charge is 0.313 e. The Balaban J connectivity index is 1.08. The van der Waals surface area contributed by atoms with Crippen molar-refractivity contribution in [2.75, 3.05) is 13.2 Å². The number of rotatable bonds is 27. The molecule has 0 amide bonds. The summed E-state index contributed by atoms with van der Waals surface area (Å²) in [4.78, 5) is 12.3. The van der Waals surface area contributed by atoms with Crippen molar-refractivity contribution in [3.05, 3.63) is 30.3 Å². The lowest BCUT2D eigenvalue weighted by Gasteiger charge is -2.51. The number of carbonyl (C=O) groups is 1. The summed E-state index contributed by atoms with van der Waals surface area (Å²) in [6.07, 6.45) is -48.1. The van der Waals surface area contributed by atoms with Gasteiger partial charge in [0, 0.05) is 0 Å². The Bertz CT molecular complexity index is 2140. The van der Waals surface area contributed by atoms with Gasteiger partial charge in [0.1, 0.15) is 128 Å². The van der Waals surface area contributed by atoms with E-state index in [0.717, 1.165) is 19.3 Å². The lowest BCUT2D eigenvalue weighted by Crippen LogP contribution is -2.69. The van der Waals surface area contributed by atoms with Crippen molar-refractivity contribution >= 4 is 5.97 Å². The zero-order chi connectivity index (χ0) is 62.8. The van der Waals surface area contributed by atoms with Crippen molar-refractivity contribution in [1.29, 1.82) is 0 Å². The Morgan fingerprint density at radius 1 is 0.430 bits per heavy atom. The van der Waals surface area contributed by atoms with Crippen LogP contribution in [0, 0.1) is 0 Å². The third-order valence-electron chi connectivity index (χ3n) is 16.6. The summed E-state index contributed by atoms with van der Waals surface area (Å²) >= 11 is 0. The number of aliphatic hydroxyl groups is 16. The second-order valence-electron chi connectivity index (χ2n) is 23.2. The summed E-state index contributed by atoms with van der Waals surface area (Å²) in [5.74, 6) is -0.134. The summed E-state index contributed by atoms with van der Waals surface area (Å²) in [5.41, 5.74) is 0. The first-order chi connectivity index (χ1) is 40.9. The highest BCUT2D eigenvalue weighted by Gasteiger charge is 2.58. The lowest BCUT2D eigenvalue weighted by atomic mass is 9.95. The van der Waals surface area contributed by atoms with Crippen LogP contribution in [0.15, 0.2) is 30.3 Å². The van der Waals surface area contributed by atoms with E-state index in [-0.39, 0.29) is 6.42 Å². The average molecular weight is 1250 g/mol. The molecule has 1 aromatic rings. The van der Waals surface area contributed by atoms with Gasteiger partial charge in [-0.15, -0.1) is 0 Å². The summed E-state index contributed by atoms with van der Waals surface area (Å²) in [5, 5.41) is 176. The number of hydrogen-bond donors (Lipinski definition) is 16. The molecule has 6 aliphatic heterocycles. The van der Waals surface area contributed by atoms with Gasteiger partial charge in [-0.2, -0.15) is 0 Å². The maximum absolute atomic E-state index is 12.5. The first kappa shape index (κ1) is 71.0. The summed E-state index contributed by atoms with van der Waals surface area (Å²) in [7, 11) is 0. The van der Waals surface area contributed by atoms with Gasteiger partial charge in [-0.3, -0.25) is 4.79 Å². The summed E-state index contributed by atoms with van der Waals surface area (Å²) in [6.45, 7) is 5.66. The molecule has 0 unspecified atom stereocenters. The second kappa shape index (κ2) is 32.7. The van der Waals surface area contributed by atoms with Crippen LogP contribution < -0.4 is 4.74 Å². The topological polar surface area (TPSA) is 461 Å². The zero-order valence-corrected chi connectivity index (χ0v) is 48.7. The molecule has 0 aromatic heterocycles. The molecule has 6 saturated heterocycles. The highest BCUT2D eigenvalue weighted by Crippen LogP contribution is 2.39. The number of unbranched alkanes of at least 4 members (excludes halogenated alkanes) is 4. The third kappa shape index (κ3) is 17.4. The minimum atomic E-state index is -2.21. The van der Waals surface area contributed by atoms with E-state index in [2.05, 4.69) is 0 Å². The highest BCUT2D eigenvalue weighted by molar-refractivity contribution is 5.72. The highest BCUT2D eigenvalue weighted by atomic mass is 16.8. The number of ether oxygens (including phenoxy) is 13. The minimum Gasteiger partial charge on any atom is -0.426 e. The lowest BCUT2D eigenvalue weighted by molar-refractivity contribution is -0.414. The molecule has 0 spiro atoms. The van der Waals surface area contributed by atoms with Crippen LogP contribution in [0.3, 0.4) is 0 Å². The quantitative estimate of drug-likeness (QED) is 0.0224. The van der Waals surface area contributed by atoms with E-state index in [4.69, 9.17) is 61.6 Å². The monoisotopic (exact) mass is 1240 g/mol. The molecule has 30 nitrogen and oxygen atoms in total. The van der Waals surface area contributed by atoms with Crippen LogP contribution in [-0.2, 0) is 61.6 Å². The van der Waals surface area contributed by atoms with Gasteiger partial charge in [-0.05, 0) is 59.1 Å². The van der Waals surface area contributed by atoms with Crippen molar-refractivity contribution in [3.8, 4) is 5.75 Å². The van der Waals surface area contributed by atoms with E-state index >= 15 is 0 Å². The molecular formula is C56H92O30. The largest absolute Gasteiger partial charge is 0.426 e. The molecule has 6 heterocycles. The standard InChI is InChI=1S/C56H92O30/c1-6-15-28(17-12-9-7-8-11-16-27(59)20-32(60)78-29-18-13-10-14-19-29)79-54-48(40(68)35(63)25(4)76-54)86-56-50(42(70)37(65)31(22-58)81-56)85-53-45(73)47(46(26(5)77-53)82-51-43(71)38(66)33(61)23(2)74-51)83-55-49(41(69)36(64)30(21-57)80-55)84-52-44(72)39(67)34(62)24(3)75-52/h10,13-14,18-19,23-28,30-31,33-59,61-73H,6-9,11-12,15-17,20-22H2,1-5H3/t23-,24-,25-,26+,27+,28+,30-,31-,33-,34-,35+,36-,37-,38+,39+,40+,41+,42+,43-,44-,45-,46+,47+,48-,49-,50-,51+,52+,53+,54+,55+,56+/m1/s1. The number of aliphatic hydroxyl groups excluding tert-OH is 16. The van der Waals surface area contributed by atoms with Gasteiger partial charge >= 0.3 is 5.97 Å². The predicted octanol–water partition coefficient (Wildman–Crippen LogP) is -4.71. The van der Waals surface area contributed by atoms with Gasteiger partial charge in [0.2, 0.25) is 0 Å². The maximum atomic E-state index is 12.5. The molecular weight excluding hydrogens is 1150 g/mol. The van der Waals surface area contributed by atoms with Crippen LogP contribution in [0.25, 0.3) is 0 Å². The third-order valence-corrected chi connectivity index (χ3v) is 16.6. The van der Waals surface area contributed by atoms with Crippen LogP contribution >= 0.6 is 0 Å². The first-order valence-corrected chi connectivity index (χ1v) is 29.7. The molecule has 6 aliphatic rings. The van der Waals surface area contributed by atoms with E-state index in [1.54, 1.807) is 30.3 Å². The van der Waals surface area contributed by atoms with E-state index in [1.807, 2.05) is 6.92 Å². The molecule has 6 fully saturated rings. The van der Waals surface area contributed by atoms with E-state index < -0.39 is 216 Å². The van der Waals surface area contributed by atoms with Crippen molar-refractivity contribution in [1.82, 2.24) is 0 Å². The predicted molar refractivity (Wildman–Crippen MR) is 286 cm³/mol. The van der Waals surface area contributed by atoms with Gasteiger partial charge in [-0.1, -0.05) is 63.6 Å². The Morgan fingerprint density at radius 2 is 0.837 bits per heavy atom. The zero-order valence-electron chi connectivity index (χ0n) is 48.7. The van der Waals surface area contributed by atoms with Gasteiger partial charge in [0.25, 0.3) is 0 Å². The fourth-order valence-electron chi connectivity index (χ4n) is 11.4. The Kier molecular flexibility index (Phi) is 27.0. The average Bonchev–Trinajstić information content (AvgIpc) is 1.98. The molecule has 30 heteroatoms. The van der Waals surface area contributed by atoms with Crippen molar-refractivity contribution < 1.29 is 148 Å². The Morgan fingerprint density at radius 3 is 1.35 bits per heavy atom. The van der Waals surface area contributed by atoms with Gasteiger partial charge in [0.15, 0.2) is 37.7 Å². The fraction of sp³-hybridized carbons (Fsp3) is 0.875. The van der Waals surface area contributed by atoms with Crippen LogP contribution in [0.5, 0.6) is 5.75 Å². The molecule has 16 N–H and O–H groups in total. The Hall–Kier alpha value is -2.43. The number of benzene rings is 1. The Labute approximate surface area is 497 Å². The minimum absolute atomic E-state index is 0.140. The van der Waals surface area contributed by atoms with Crippen LogP contribution in [0.2, 0.25) is 0 Å². The summed E-state index contributed by atoms with van der Waals surface area (Å²) in [6, 6.07) is 8.57. The second-order valence-corrected chi connectivity index (χ2v) is 23.2. The van der Waals surface area contributed by atoms with E-state index in [0.29, 0.717) is 44.3 Å². The van der Waals surface area contributed by atoms with Crippen molar-refractivity contribution in [2.45, 2.75) is 295 Å². The molecule has 7 rings (SSSR count). The van der Waals surface area contributed by atoms with Crippen molar-refractivity contribution in [2.24, 2.45) is 0 Å². The first-order valence-electron chi connectivity index (χ1n) is 29.7. The normalized spacial score (nSPS) is 44.8. The van der Waals surface area contributed by atoms with Crippen molar-refractivity contribution in [3.63, 3.8) is 0 Å². The van der Waals surface area contributed by atoms with Crippen LogP contribution in [-0.4, -0.2) is 297 Å². The number of esters is 1. The molecule has 496 valence electrons. The van der Waals surface area contributed by atoms with Gasteiger partial charge in [-0.25, -0.2) is 0 Å². The maximum Gasteiger partial charge on any atom is 0.313 e. The number of para-hydroxylation sites is 1. The molecule has 32 atom stereocenters. The van der Waals surface area contributed by atoms with E-state index in [1.165, 1.54) is 27.7 Å². The van der Waals surface area contributed by atoms with E-state index in [9.17, 15) is 86.5 Å². The molecule has 0 aliphatic carbocycles. The molecule has 1 aromatic carbocycles. The molecule has 0 saturated carbocycles. The number of carbonyl (C=O) groups excluding carboxylic acids is 1. The van der Waals surface area contributed by atoms with Gasteiger partial charge < -0.3 is 143 Å². The molecule has 0 radical (unpaired) electrons. The van der Waals surface area contributed by atoms with Crippen LogP contribution in [0.4, 0.5) is 0 Å². The number of hydrogen-bond acceptors (Lipinski definition) is 30. The summed E-state index contributed by atoms with van der Waals surface area (Å²) < 4.78 is 78.2. The fourth-order valence-corrected chi connectivity index (χ4v) is 11.4. The SMILES string of the molecule is CCC[C@@H](CCCCCCC[C@H](O)CC(=O)Oc1ccccc1)O[C@@H]1O[C@H](C)[C@H](O)[C@H](O)[C@H]1O[C@@H]1O[C@H](CO)[C@@H](O)[C@H](O)[C@H]1O[C@@H]1O[C@@H](C)[C@H](O[C@@H]2O[C@H](C)[C@@H](O)[C@H](O)[C@H]2O)[C@@H](O[C@@H]2O[C@H](CO)[C@@H](O)[C@H](O)[C@H]2O[C@@H]2O[C@H](C)[C@@H](O)[C@H](O)[C@H]2O)[C@H]1O. The van der Waals surface area contributed by atoms with Crippen LogP contribution in [0.1, 0.15) is 98.8 Å². The van der Waals surface area contributed by atoms with Gasteiger partial charge in [0.05, 0.1) is 56.3 Å². The molecule has 86 heavy (non-hydrogen) atoms. The molecule has 0 bridgehead atoms.